The standard InChI is InChI=1S/C21H16N8O2/c1-31-21(30)19-20(29(12-22)26-25-19)18-17-11-27(10-14-6-4-5-9-23-14)15-7-2-3-8-16(15)28(17)13-24-18/h2-9,11H,10,13H2,1H3. The molecule has 2 aliphatic rings. The van der Waals surface area contributed by atoms with E-state index in [1.165, 1.54) is 7.11 Å². The molecule has 4 heterocycles. The fourth-order valence-corrected chi connectivity index (χ4v) is 3.71. The van der Waals surface area contributed by atoms with Crippen molar-refractivity contribution in [1.82, 2.24) is 20.0 Å². The first-order chi connectivity index (χ1) is 15.2. The first-order valence-electron chi connectivity index (χ1n) is 9.45. The fourth-order valence-electron chi connectivity index (χ4n) is 3.71. The Bertz CT molecular complexity index is 1270. The molecule has 0 saturated carbocycles. The van der Waals surface area contributed by atoms with Crippen molar-refractivity contribution >= 4 is 23.1 Å². The Labute approximate surface area is 177 Å². The molecule has 0 atom stereocenters. The number of anilines is 2. The number of esters is 1. The fraction of sp³-hybridized carbons (Fsp3) is 0.143. The Morgan fingerprint density at radius 3 is 2.74 bits per heavy atom. The molecular formula is C21H16N8O2. The number of ether oxygens (including phenoxy) is 1. The van der Waals surface area contributed by atoms with Gasteiger partial charge in [0.15, 0.2) is 0 Å². The van der Waals surface area contributed by atoms with Crippen molar-refractivity contribution in [2.24, 2.45) is 4.99 Å². The number of pyridine rings is 1. The normalized spacial score (nSPS) is 14.3. The van der Waals surface area contributed by atoms with Gasteiger partial charge in [-0.1, -0.05) is 23.4 Å². The number of allylic oxidation sites excluding steroid dienone is 1. The monoisotopic (exact) mass is 412 g/mol. The quantitative estimate of drug-likeness (QED) is 0.598. The molecule has 3 aromatic rings. The minimum atomic E-state index is -0.681. The van der Waals surface area contributed by atoms with Crippen LogP contribution in [-0.2, 0) is 11.3 Å². The highest BCUT2D eigenvalue weighted by atomic mass is 16.5. The molecule has 10 heteroatoms. The third kappa shape index (κ3) is 3.00. The van der Waals surface area contributed by atoms with Gasteiger partial charge in [0, 0.05) is 12.4 Å². The van der Waals surface area contributed by atoms with Crippen LogP contribution in [0.5, 0.6) is 0 Å². The van der Waals surface area contributed by atoms with E-state index in [-0.39, 0.29) is 11.4 Å². The van der Waals surface area contributed by atoms with Crippen LogP contribution in [0.15, 0.2) is 65.6 Å². The average molecular weight is 412 g/mol. The SMILES string of the molecule is COC(=O)c1nnn(C#N)c1C1=NCN2C1=CN(Cc1ccccn1)c1ccccc12. The highest BCUT2D eigenvalue weighted by Gasteiger charge is 2.36. The predicted octanol–water partition coefficient (Wildman–Crippen LogP) is 1.92. The average Bonchev–Trinajstić information content (AvgIpc) is 3.43. The highest BCUT2D eigenvalue weighted by molar-refractivity contribution is 6.19. The Morgan fingerprint density at radius 1 is 1.19 bits per heavy atom. The van der Waals surface area contributed by atoms with Gasteiger partial charge in [-0.05, 0) is 24.3 Å². The van der Waals surface area contributed by atoms with Gasteiger partial charge in [0.25, 0.3) is 0 Å². The van der Waals surface area contributed by atoms with Crippen LogP contribution in [0.2, 0.25) is 0 Å². The van der Waals surface area contributed by atoms with Gasteiger partial charge in [-0.3, -0.25) is 9.98 Å². The Balaban J connectivity index is 1.62. The number of para-hydroxylation sites is 2. The van der Waals surface area contributed by atoms with Crippen molar-refractivity contribution in [3.8, 4) is 6.19 Å². The van der Waals surface area contributed by atoms with Crippen molar-refractivity contribution in [2.75, 3.05) is 23.6 Å². The van der Waals surface area contributed by atoms with Crippen molar-refractivity contribution in [2.45, 2.75) is 6.54 Å². The summed E-state index contributed by atoms with van der Waals surface area (Å²) in [5, 5.41) is 17.1. The van der Waals surface area contributed by atoms with Gasteiger partial charge in [0.05, 0.1) is 36.4 Å². The number of hydrogen-bond donors (Lipinski definition) is 0. The number of nitriles is 1. The Hall–Kier alpha value is -4.52. The number of rotatable bonds is 4. The lowest BCUT2D eigenvalue weighted by Crippen LogP contribution is -2.32. The zero-order valence-electron chi connectivity index (χ0n) is 16.5. The number of carbonyl (C=O) groups is 1. The second kappa shape index (κ2) is 7.38. The number of fused-ring (bicyclic) bond motifs is 3. The van der Waals surface area contributed by atoms with E-state index in [0.29, 0.717) is 18.9 Å². The molecule has 0 saturated heterocycles. The van der Waals surface area contributed by atoms with E-state index in [4.69, 9.17) is 4.74 Å². The largest absolute Gasteiger partial charge is 0.464 e. The van der Waals surface area contributed by atoms with E-state index in [1.54, 1.807) is 6.20 Å². The van der Waals surface area contributed by atoms with Gasteiger partial charge < -0.3 is 14.5 Å². The smallest absolute Gasteiger partial charge is 0.361 e. The maximum Gasteiger partial charge on any atom is 0.361 e. The second-order valence-electron chi connectivity index (χ2n) is 6.82. The third-order valence-electron chi connectivity index (χ3n) is 5.09. The zero-order chi connectivity index (χ0) is 21.4. The maximum absolute atomic E-state index is 12.2. The number of hydrogen-bond acceptors (Lipinski definition) is 9. The summed E-state index contributed by atoms with van der Waals surface area (Å²) in [6.45, 7) is 0.884. The van der Waals surface area contributed by atoms with Crippen LogP contribution in [0.1, 0.15) is 21.9 Å². The van der Waals surface area contributed by atoms with Gasteiger partial charge in [-0.25, -0.2) is 4.79 Å². The third-order valence-corrected chi connectivity index (χ3v) is 5.09. The van der Waals surface area contributed by atoms with E-state index in [9.17, 15) is 10.1 Å². The van der Waals surface area contributed by atoms with Crippen LogP contribution in [0, 0.1) is 11.5 Å². The lowest BCUT2D eigenvalue weighted by molar-refractivity contribution is 0.0593. The summed E-state index contributed by atoms with van der Waals surface area (Å²) in [6, 6.07) is 13.8. The number of aromatic nitrogens is 4. The highest BCUT2D eigenvalue weighted by Crippen LogP contribution is 2.40. The van der Waals surface area contributed by atoms with Crippen LogP contribution < -0.4 is 9.80 Å². The predicted molar refractivity (Wildman–Crippen MR) is 111 cm³/mol. The molecule has 0 radical (unpaired) electrons. The molecule has 5 rings (SSSR count). The molecule has 0 amide bonds. The van der Waals surface area contributed by atoms with E-state index < -0.39 is 5.97 Å². The van der Waals surface area contributed by atoms with Crippen molar-refractivity contribution in [1.29, 1.82) is 5.26 Å². The summed E-state index contributed by atoms with van der Waals surface area (Å²) in [4.78, 5) is 25.4. The molecule has 0 bridgehead atoms. The topological polar surface area (TPSA) is 113 Å². The summed E-state index contributed by atoms with van der Waals surface area (Å²) in [7, 11) is 1.25. The molecule has 31 heavy (non-hydrogen) atoms. The minimum absolute atomic E-state index is 0.0549. The molecular weight excluding hydrogens is 396 g/mol. The molecule has 2 aliphatic heterocycles. The molecule has 1 aromatic carbocycles. The van der Waals surface area contributed by atoms with Crippen LogP contribution >= 0.6 is 0 Å². The molecule has 0 unspecified atom stereocenters. The number of benzene rings is 1. The zero-order valence-corrected chi connectivity index (χ0v) is 16.5. The molecule has 152 valence electrons. The number of methoxy groups -OCH3 is 1. The van der Waals surface area contributed by atoms with Crippen LogP contribution in [-0.4, -0.2) is 45.4 Å². The van der Waals surface area contributed by atoms with E-state index in [0.717, 1.165) is 27.4 Å². The molecule has 0 spiro atoms. The molecule has 10 nitrogen and oxygen atoms in total. The van der Waals surface area contributed by atoms with Crippen molar-refractivity contribution in [3.05, 3.63) is 77.6 Å². The van der Waals surface area contributed by atoms with E-state index in [1.807, 2.05) is 59.8 Å². The maximum atomic E-state index is 12.2. The summed E-state index contributed by atoms with van der Waals surface area (Å²) >= 11 is 0. The first kappa shape index (κ1) is 18.5. The van der Waals surface area contributed by atoms with Gasteiger partial charge in [0.1, 0.15) is 18.1 Å². The molecule has 0 aliphatic carbocycles. The van der Waals surface area contributed by atoms with Crippen LogP contribution in [0.4, 0.5) is 11.4 Å². The van der Waals surface area contributed by atoms with Crippen molar-refractivity contribution < 1.29 is 9.53 Å². The van der Waals surface area contributed by atoms with Gasteiger partial charge in [0.2, 0.25) is 11.9 Å². The minimum Gasteiger partial charge on any atom is -0.464 e. The first-order valence-corrected chi connectivity index (χ1v) is 9.45. The van der Waals surface area contributed by atoms with Crippen LogP contribution in [0.3, 0.4) is 0 Å². The summed E-state index contributed by atoms with van der Waals surface area (Å²) in [5.41, 5.74) is 4.21. The van der Waals surface area contributed by atoms with E-state index in [2.05, 4.69) is 25.2 Å². The summed E-state index contributed by atoms with van der Waals surface area (Å²) < 4.78 is 5.80. The second-order valence-corrected chi connectivity index (χ2v) is 6.82. The molecule has 2 aromatic heterocycles. The van der Waals surface area contributed by atoms with E-state index >= 15 is 0 Å². The van der Waals surface area contributed by atoms with Gasteiger partial charge in [-0.15, -0.1) is 9.78 Å². The summed E-state index contributed by atoms with van der Waals surface area (Å²) in [6.07, 6.45) is 5.62. The lowest BCUT2D eigenvalue weighted by atomic mass is 10.1. The summed E-state index contributed by atoms with van der Waals surface area (Å²) in [5.74, 6) is -0.681. The number of aliphatic imine (C=N–C) groups is 1. The lowest BCUT2D eigenvalue weighted by Gasteiger charge is -2.34. The van der Waals surface area contributed by atoms with Gasteiger partial charge >= 0.3 is 5.97 Å². The number of carbonyl (C=O) groups excluding carboxylic acids is 1. The molecule has 0 N–H and O–H groups in total. The van der Waals surface area contributed by atoms with Crippen molar-refractivity contribution in [3.63, 3.8) is 0 Å². The number of nitrogens with zero attached hydrogens (tertiary/aromatic N) is 8. The Morgan fingerprint density at radius 2 is 2.00 bits per heavy atom. The Kier molecular flexibility index (Phi) is 4.41. The molecule has 0 fully saturated rings. The van der Waals surface area contributed by atoms with Crippen LogP contribution in [0.25, 0.3) is 0 Å². The van der Waals surface area contributed by atoms with Gasteiger partial charge in [-0.2, -0.15) is 5.26 Å².